The van der Waals surface area contributed by atoms with E-state index in [1.54, 1.807) is 12.1 Å². The zero-order chi connectivity index (χ0) is 19.8. The number of fused-ring (bicyclic) bond motifs is 1. The summed E-state index contributed by atoms with van der Waals surface area (Å²) in [6.07, 6.45) is 0.0374. The molecule has 0 spiro atoms. The molecule has 3 aliphatic heterocycles. The molecule has 0 saturated carbocycles. The third-order valence-corrected chi connectivity index (χ3v) is 5.64. The van der Waals surface area contributed by atoms with Crippen molar-refractivity contribution >= 4 is 29.7 Å². The third kappa shape index (κ3) is 3.16. The lowest BCUT2D eigenvalue weighted by Crippen LogP contribution is -2.57. The van der Waals surface area contributed by atoms with Crippen LogP contribution in [-0.2, 0) is 9.59 Å². The van der Waals surface area contributed by atoms with Crippen LogP contribution in [0.25, 0.3) is 0 Å². The number of amides is 3. The van der Waals surface area contributed by atoms with Crippen molar-refractivity contribution in [1.82, 2.24) is 15.1 Å². The average Bonchev–Trinajstić information content (AvgIpc) is 2.93. The predicted molar refractivity (Wildman–Crippen MR) is 98.8 cm³/mol. The number of carbonyl (C=O) groups excluding carboxylic acids is 4. The van der Waals surface area contributed by atoms with Gasteiger partial charge in [0.05, 0.1) is 23.7 Å². The molecule has 3 aliphatic rings. The first-order valence-corrected chi connectivity index (χ1v) is 9.40. The van der Waals surface area contributed by atoms with Crippen molar-refractivity contribution in [3.8, 4) is 0 Å². The molecular formula is C19H22N4O5. The van der Waals surface area contributed by atoms with Crippen LogP contribution in [0.15, 0.2) is 18.2 Å². The number of nitrogens with one attached hydrogen (secondary N) is 1. The number of aldehydes is 1. The van der Waals surface area contributed by atoms with Crippen LogP contribution in [0.5, 0.6) is 0 Å². The first kappa shape index (κ1) is 18.6. The Kier molecular flexibility index (Phi) is 4.86. The van der Waals surface area contributed by atoms with Gasteiger partial charge in [0.2, 0.25) is 5.91 Å². The Balaban J connectivity index is 1.53. The highest BCUT2D eigenvalue weighted by Gasteiger charge is 2.44. The number of rotatable bonds is 4. The number of aliphatic hydroxyl groups excluding tert-OH is 1. The third-order valence-electron chi connectivity index (χ3n) is 5.64. The molecule has 148 valence electrons. The normalized spacial score (nSPS) is 25.7. The molecular weight excluding hydrogens is 364 g/mol. The number of piperidine rings is 1. The molecule has 0 aliphatic carbocycles. The predicted octanol–water partition coefficient (Wildman–Crippen LogP) is -0.799. The van der Waals surface area contributed by atoms with E-state index in [1.807, 2.05) is 6.07 Å². The summed E-state index contributed by atoms with van der Waals surface area (Å²) in [6.45, 7) is 3.38. The molecule has 0 radical (unpaired) electrons. The molecule has 2 fully saturated rings. The molecule has 28 heavy (non-hydrogen) atoms. The molecule has 1 aromatic carbocycles. The van der Waals surface area contributed by atoms with Crippen molar-refractivity contribution in [2.45, 2.75) is 25.1 Å². The van der Waals surface area contributed by atoms with E-state index >= 15 is 0 Å². The maximum Gasteiger partial charge on any atom is 0.262 e. The number of aliphatic hydroxyl groups is 1. The highest BCUT2D eigenvalue weighted by atomic mass is 16.3. The Morgan fingerprint density at radius 2 is 1.79 bits per heavy atom. The van der Waals surface area contributed by atoms with Gasteiger partial charge in [0.15, 0.2) is 0 Å². The standard InChI is InChI=1S/C19H22N4O5/c24-10-9-21-5-7-22(8-6-21)12-1-2-13-14(11-12)19(28)23(18(13)27)15-3-4-16(25)20-17(15)26/h1-2,10-11,15,17,26H,3-9H2,(H,20,25). The summed E-state index contributed by atoms with van der Waals surface area (Å²) >= 11 is 0. The average molecular weight is 386 g/mol. The highest BCUT2D eigenvalue weighted by Crippen LogP contribution is 2.31. The van der Waals surface area contributed by atoms with Gasteiger partial charge in [-0.05, 0) is 24.6 Å². The van der Waals surface area contributed by atoms with E-state index in [0.29, 0.717) is 17.7 Å². The fourth-order valence-electron chi connectivity index (χ4n) is 4.08. The minimum atomic E-state index is -1.26. The molecule has 0 aromatic heterocycles. The second-order valence-corrected chi connectivity index (χ2v) is 7.28. The SMILES string of the molecule is O=CCN1CCN(c2ccc3c(c2)C(=O)N(C2CCC(=O)NC2O)C3=O)CC1. The molecule has 2 unspecified atom stereocenters. The van der Waals surface area contributed by atoms with Crippen LogP contribution in [0.1, 0.15) is 33.6 Å². The van der Waals surface area contributed by atoms with Crippen molar-refractivity contribution in [2.24, 2.45) is 0 Å². The largest absolute Gasteiger partial charge is 0.372 e. The van der Waals surface area contributed by atoms with Crippen molar-refractivity contribution in [3.05, 3.63) is 29.3 Å². The number of nitrogens with zero attached hydrogens (tertiary/aromatic N) is 3. The van der Waals surface area contributed by atoms with E-state index in [9.17, 15) is 24.3 Å². The van der Waals surface area contributed by atoms with Gasteiger partial charge >= 0.3 is 0 Å². The van der Waals surface area contributed by atoms with Gasteiger partial charge in [-0.1, -0.05) is 0 Å². The Labute approximate surface area is 161 Å². The number of hydrogen-bond acceptors (Lipinski definition) is 7. The number of anilines is 1. The number of benzene rings is 1. The fraction of sp³-hybridized carbons (Fsp3) is 0.474. The first-order valence-electron chi connectivity index (χ1n) is 9.40. The highest BCUT2D eigenvalue weighted by molar-refractivity contribution is 6.22. The summed E-state index contributed by atoms with van der Waals surface area (Å²) in [5.74, 6) is -1.18. The summed E-state index contributed by atoms with van der Waals surface area (Å²) in [7, 11) is 0. The minimum Gasteiger partial charge on any atom is -0.372 e. The zero-order valence-electron chi connectivity index (χ0n) is 15.3. The lowest BCUT2D eigenvalue weighted by atomic mass is 10.0. The van der Waals surface area contributed by atoms with Gasteiger partial charge < -0.3 is 20.1 Å². The van der Waals surface area contributed by atoms with Gasteiger partial charge in [0.25, 0.3) is 11.8 Å². The lowest BCUT2D eigenvalue weighted by Gasteiger charge is -2.35. The number of carbonyl (C=O) groups is 4. The minimum absolute atomic E-state index is 0.158. The summed E-state index contributed by atoms with van der Waals surface area (Å²) < 4.78 is 0. The number of hydrogen-bond donors (Lipinski definition) is 2. The Hall–Kier alpha value is -2.78. The Bertz CT molecular complexity index is 834. The Morgan fingerprint density at radius 1 is 1.07 bits per heavy atom. The smallest absolute Gasteiger partial charge is 0.262 e. The van der Waals surface area contributed by atoms with Gasteiger partial charge in [0.1, 0.15) is 12.5 Å². The van der Waals surface area contributed by atoms with Crippen LogP contribution in [-0.4, -0.2) is 83.9 Å². The van der Waals surface area contributed by atoms with Crippen molar-refractivity contribution in [3.63, 3.8) is 0 Å². The van der Waals surface area contributed by atoms with E-state index < -0.39 is 24.1 Å². The lowest BCUT2D eigenvalue weighted by molar-refractivity contribution is -0.129. The van der Waals surface area contributed by atoms with Crippen molar-refractivity contribution in [2.75, 3.05) is 37.6 Å². The number of imide groups is 1. The molecule has 0 bridgehead atoms. The van der Waals surface area contributed by atoms with E-state index in [0.717, 1.165) is 43.1 Å². The molecule has 9 heteroatoms. The van der Waals surface area contributed by atoms with Crippen molar-refractivity contribution in [1.29, 1.82) is 0 Å². The molecule has 2 saturated heterocycles. The quantitative estimate of drug-likeness (QED) is 0.515. The van der Waals surface area contributed by atoms with Crippen LogP contribution in [0.4, 0.5) is 5.69 Å². The summed E-state index contributed by atoms with van der Waals surface area (Å²) in [5.41, 5.74) is 1.49. The molecule has 4 rings (SSSR count). The van der Waals surface area contributed by atoms with E-state index in [2.05, 4.69) is 15.1 Å². The molecule has 3 heterocycles. The van der Waals surface area contributed by atoms with E-state index in [1.165, 1.54) is 0 Å². The fourth-order valence-corrected chi connectivity index (χ4v) is 4.08. The first-order chi connectivity index (χ1) is 13.5. The molecule has 2 N–H and O–H groups in total. The van der Waals surface area contributed by atoms with E-state index in [4.69, 9.17) is 0 Å². The Morgan fingerprint density at radius 3 is 2.46 bits per heavy atom. The van der Waals surface area contributed by atoms with Gasteiger partial charge in [-0.3, -0.25) is 24.2 Å². The molecule has 9 nitrogen and oxygen atoms in total. The van der Waals surface area contributed by atoms with Gasteiger partial charge in [-0.2, -0.15) is 0 Å². The van der Waals surface area contributed by atoms with Crippen LogP contribution in [0.2, 0.25) is 0 Å². The topological polar surface area (TPSA) is 110 Å². The number of piperazine rings is 1. The van der Waals surface area contributed by atoms with Gasteiger partial charge in [-0.15, -0.1) is 0 Å². The van der Waals surface area contributed by atoms with Crippen molar-refractivity contribution < 1.29 is 24.3 Å². The van der Waals surface area contributed by atoms with Crippen LogP contribution >= 0.6 is 0 Å². The zero-order valence-corrected chi connectivity index (χ0v) is 15.3. The van der Waals surface area contributed by atoms with Crippen LogP contribution < -0.4 is 10.2 Å². The van der Waals surface area contributed by atoms with Crippen LogP contribution in [0.3, 0.4) is 0 Å². The maximum atomic E-state index is 12.9. The summed E-state index contributed by atoms with van der Waals surface area (Å²) in [5, 5.41) is 12.5. The van der Waals surface area contributed by atoms with Gasteiger partial charge in [-0.25, -0.2) is 0 Å². The van der Waals surface area contributed by atoms with Crippen LogP contribution in [0, 0.1) is 0 Å². The molecule has 1 aromatic rings. The summed E-state index contributed by atoms with van der Waals surface area (Å²) in [6, 6.07) is 4.43. The monoisotopic (exact) mass is 386 g/mol. The van der Waals surface area contributed by atoms with E-state index in [-0.39, 0.29) is 18.7 Å². The molecule has 2 atom stereocenters. The molecule has 3 amide bonds. The maximum absolute atomic E-state index is 12.9. The second kappa shape index (κ2) is 7.33. The summed E-state index contributed by atoms with van der Waals surface area (Å²) in [4.78, 5) is 53.0. The second-order valence-electron chi connectivity index (χ2n) is 7.28. The van der Waals surface area contributed by atoms with Gasteiger partial charge in [0, 0.05) is 38.3 Å².